The minimum absolute atomic E-state index is 0.0857. The first kappa shape index (κ1) is 19.2. The van der Waals surface area contributed by atoms with Crippen molar-refractivity contribution in [1.29, 1.82) is 0 Å². The van der Waals surface area contributed by atoms with Crippen LogP contribution in [0.15, 0.2) is 21.8 Å². The number of thiazole rings is 1. The van der Waals surface area contributed by atoms with E-state index in [0.29, 0.717) is 5.75 Å². The zero-order valence-electron chi connectivity index (χ0n) is 14.7. The van der Waals surface area contributed by atoms with Gasteiger partial charge in [-0.15, -0.1) is 23.1 Å². The van der Waals surface area contributed by atoms with Gasteiger partial charge in [0.2, 0.25) is 0 Å². The summed E-state index contributed by atoms with van der Waals surface area (Å²) in [6, 6.07) is -0.798. The number of aromatic nitrogens is 1. The van der Waals surface area contributed by atoms with Crippen molar-refractivity contribution in [2.24, 2.45) is 5.16 Å². The number of ether oxygens (including phenoxy) is 1. The summed E-state index contributed by atoms with van der Waals surface area (Å²) in [5.74, 6) is -1.04. The maximum absolute atomic E-state index is 12.6. The second-order valence-corrected chi connectivity index (χ2v) is 7.67. The number of carbonyl (C=O) groups excluding carboxylic acids is 3. The Morgan fingerprint density at radius 1 is 1.44 bits per heavy atom. The highest BCUT2D eigenvalue weighted by atomic mass is 32.2. The number of nitrogens with zero attached hydrogens (tertiary/aromatic N) is 3. The highest BCUT2D eigenvalue weighted by molar-refractivity contribution is 8.00. The number of esters is 1. The quantitative estimate of drug-likeness (QED) is 0.297. The molecule has 2 aliphatic rings. The average molecular weight is 411 g/mol. The average Bonchev–Trinajstić information content (AvgIpc) is 3.08. The minimum atomic E-state index is -0.798. The molecule has 0 spiro atoms. The molecule has 10 nitrogen and oxygen atoms in total. The van der Waals surface area contributed by atoms with E-state index in [9.17, 15) is 14.4 Å². The number of amides is 2. The maximum atomic E-state index is 12.6. The number of nitrogens with two attached hydrogens (primary N) is 1. The van der Waals surface area contributed by atoms with Crippen LogP contribution in [0.5, 0.6) is 0 Å². The first-order valence-electron chi connectivity index (χ1n) is 7.75. The van der Waals surface area contributed by atoms with Gasteiger partial charge in [0.25, 0.3) is 11.8 Å². The molecule has 1 aromatic heterocycles. The number of thioether (sulfide) groups is 1. The van der Waals surface area contributed by atoms with Crippen LogP contribution in [-0.2, 0) is 24.0 Å². The molecule has 3 rings (SSSR count). The fourth-order valence-corrected chi connectivity index (χ4v) is 4.60. The molecule has 2 unspecified atom stereocenters. The SMILES string of the molecule is CO/N=C(\C(=O)NC1C(=O)N2C(C(=O)OC)=C(C)CSC12)c1csc(N)n1. The number of rotatable bonds is 5. The van der Waals surface area contributed by atoms with Crippen molar-refractivity contribution >= 4 is 51.7 Å². The van der Waals surface area contributed by atoms with Crippen LogP contribution in [0.4, 0.5) is 5.13 Å². The molecule has 0 bridgehead atoms. The highest BCUT2D eigenvalue weighted by Crippen LogP contribution is 2.40. The summed E-state index contributed by atoms with van der Waals surface area (Å²) in [6.45, 7) is 1.77. The third-order valence-electron chi connectivity index (χ3n) is 3.99. The molecule has 1 saturated heterocycles. The molecule has 1 aromatic rings. The number of hydrogen-bond acceptors (Lipinski definition) is 10. The van der Waals surface area contributed by atoms with Gasteiger partial charge in [-0.3, -0.25) is 14.5 Å². The first-order valence-corrected chi connectivity index (χ1v) is 9.68. The van der Waals surface area contributed by atoms with Crippen LogP contribution in [0.1, 0.15) is 12.6 Å². The van der Waals surface area contributed by atoms with E-state index in [1.54, 1.807) is 12.3 Å². The van der Waals surface area contributed by atoms with Gasteiger partial charge in [-0.1, -0.05) is 5.16 Å². The lowest BCUT2D eigenvalue weighted by atomic mass is 10.0. The third-order valence-corrected chi connectivity index (χ3v) is 6.08. The number of hydrogen-bond donors (Lipinski definition) is 2. The van der Waals surface area contributed by atoms with Gasteiger partial charge >= 0.3 is 5.97 Å². The summed E-state index contributed by atoms with van der Waals surface area (Å²) in [7, 11) is 2.56. The van der Waals surface area contributed by atoms with Crippen LogP contribution < -0.4 is 11.1 Å². The van der Waals surface area contributed by atoms with E-state index < -0.39 is 29.2 Å². The summed E-state index contributed by atoms with van der Waals surface area (Å²) in [5, 5.41) is 7.78. The van der Waals surface area contributed by atoms with E-state index in [1.807, 2.05) is 0 Å². The van der Waals surface area contributed by atoms with Crippen molar-refractivity contribution in [3.63, 3.8) is 0 Å². The summed E-state index contributed by atoms with van der Waals surface area (Å²) < 4.78 is 4.77. The van der Waals surface area contributed by atoms with E-state index in [-0.39, 0.29) is 22.2 Å². The second-order valence-electron chi connectivity index (χ2n) is 5.67. The molecule has 2 atom stereocenters. The van der Waals surface area contributed by atoms with Gasteiger partial charge in [0.1, 0.15) is 29.9 Å². The first-order chi connectivity index (χ1) is 12.9. The van der Waals surface area contributed by atoms with Crippen molar-refractivity contribution in [3.8, 4) is 0 Å². The molecule has 2 aliphatic heterocycles. The van der Waals surface area contributed by atoms with Gasteiger partial charge in [-0.2, -0.15) is 0 Å². The zero-order chi connectivity index (χ0) is 19.7. The van der Waals surface area contributed by atoms with Crippen molar-refractivity contribution in [2.45, 2.75) is 18.3 Å². The predicted octanol–water partition coefficient (Wildman–Crippen LogP) is -0.0773. The van der Waals surface area contributed by atoms with E-state index in [4.69, 9.17) is 15.3 Å². The maximum Gasteiger partial charge on any atom is 0.354 e. The Hall–Kier alpha value is -2.60. The normalized spacial score (nSPS) is 22.1. The van der Waals surface area contributed by atoms with Crippen molar-refractivity contribution in [1.82, 2.24) is 15.2 Å². The third kappa shape index (κ3) is 3.37. The van der Waals surface area contributed by atoms with Crippen LogP contribution in [0, 0.1) is 0 Å². The fraction of sp³-hybridized carbons (Fsp3) is 0.400. The molecule has 0 radical (unpaired) electrons. The minimum Gasteiger partial charge on any atom is -0.464 e. The Labute approximate surface area is 162 Å². The molecular weight excluding hydrogens is 394 g/mol. The fourth-order valence-electron chi connectivity index (χ4n) is 2.76. The van der Waals surface area contributed by atoms with Crippen LogP contribution in [-0.4, -0.2) is 64.8 Å². The van der Waals surface area contributed by atoms with Crippen molar-refractivity contribution in [3.05, 3.63) is 22.3 Å². The van der Waals surface area contributed by atoms with Gasteiger partial charge in [0.15, 0.2) is 10.8 Å². The van der Waals surface area contributed by atoms with E-state index in [2.05, 4.69) is 15.5 Å². The molecular formula is C15H17N5O5S2. The van der Waals surface area contributed by atoms with Gasteiger partial charge in [-0.05, 0) is 12.5 Å². The van der Waals surface area contributed by atoms with Crippen molar-refractivity contribution < 1.29 is 24.0 Å². The molecule has 27 heavy (non-hydrogen) atoms. The lowest BCUT2D eigenvalue weighted by Crippen LogP contribution is -2.71. The Bertz CT molecular complexity index is 865. The predicted molar refractivity (Wildman–Crippen MR) is 99.8 cm³/mol. The van der Waals surface area contributed by atoms with Crippen LogP contribution >= 0.6 is 23.1 Å². The molecule has 0 aromatic carbocycles. The van der Waals surface area contributed by atoms with E-state index in [1.165, 1.54) is 30.9 Å². The summed E-state index contributed by atoms with van der Waals surface area (Å²) >= 11 is 2.60. The van der Waals surface area contributed by atoms with Crippen LogP contribution in [0.3, 0.4) is 0 Å². The molecule has 2 amide bonds. The smallest absolute Gasteiger partial charge is 0.354 e. The Balaban J connectivity index is 1.78. The molecule has 1 fully saturated rings. The number of nitrogens with one attached hydrogen (secondary N) is 1. The van der Waals surface area contributed by atoms with Gasteiger partial charge in [-0.25, -0.2) is 9.78 Å². The molecule has 0 saturated carbocycles. The molecule has 12 heteroatoms. The van der Waals surface area contributed by atoms with Crippen LogP contribution in [0.2, 0.25) is 0 Å². The van der Waals surface area contributed by atoms with Crippen LogP contribution in [0.25, 0.3) is 0 Å². The Morgan fingerprint density at radius 3 is 2.78 bits per heavy atom. The monoisotopic (exact) mass is 411 g/mol. The van der Waals surface area contributed by atoms with E-state index >= 15 is 0 Å². The van der Waals surface area contributed by atoms with Gasteiger partial charge in [0.05, 0.1) is 7.11 Å². The summed E-state index contributed by atoms with van der Waals surface area (Å²) in [5.41, 5.74) is 6.75. The Morgan fingerprint density at radius 2 is 2.19 bits per heavy atom. The summed E-state index contributed by atoms with van der Waals surface area (Å²) in [4.78, 5) is 47.3. The summed E-state index contributed by atoms with van der Waals surface area (Å²) in [6.07, 6.45) is 0. The number of fused-ring (bicyclic) bond motifs is 1. The topological polar surface area (TPSA) is 136 Å². The lowest BCUT2D eigenvalue weighted by molar-refractivity contribution is -0.151. The molecule has 144 valence electrons. The highest BCUT2D eigenvalue weighted by Gasteiger charge is 2.54. The molecule has 3 N–H and O–H groups in total. The number of β-lactam (4-membered cyclic amide) rings is 1. The number of anilines is 1. The number of nitrogen functional groups attached to an aromatic ring is 1. The second kappa shape index (κ2) is 7.56. The largest absolute Gasteiger partial charge is 0.464 e. The van der Waals surface area contributed by atoms with E-state index in [0.717, 1.165) is 16.9 Å². The van der Waals surface area contributed by atoms with Crippen molar-refractivity contribution in [2.75, 3.05) is 25.7 Å². The Kier molecular flexibility index (Phi) is 5.37. The number of carbonyl (C=O) groups is 3. The zero-order valence-corrected chi connectivity index (χ0v) is 16.3. The molecule has 0 aliphatic carbocycles. The standard InChI is InChI=1S/C15H17N5O5S2/c1-6-4-26-13-9(12(22)20(13)10(6)14(23)24-2)18-11(21)8(19-25-3)7-5-27-15(16)17-7/h5,9,13H,4H2,1-3H3,(H2,16,17)(H,18,21)/b19-8-. The van der Waals surface area contributed by atoms with Gasteiger partial charge in [0, 0.05) is 11.1 Å². The lowest BCUT2D eigenvalue weighted by Gasteiger charge is -2.49. The molecule has 3 heterocycles. The number of oxime groups is 1. The number of methoxy groups -OCH3 is 1. The van der Waals surface area contributed by atoms with Gasteiger partial charge < -0.3 is 20.6 Å².